The molecule has 3 aromatic rings. The van der Waals surface area contributed by atoms with Crippen LogP contribution in [-0.2, 0) is 18.3 Å². The van der Waals surface area contributed by atoms with Crippen LogP contribution in [0.25, 0.3) is 22.0 Å². The van der Waals surface area contributed by atoms with Crippen LogP contribution in [-0.4, -0.2) is 81.3 Å². The number of halogens is 1. The van der Waals surface area contributed by atoms with Gasteiger partial charge < -0.3 is 0 Å². The summed E-state index contributed by atoms with van der Waals surface area (Å²) in [4.78, 5) is 25.7. The summed E-state index contributed by atoms with van der Waals surface area (Å²) in [6.45, 7) is 3.82. The predicted molar refractivity (Wildman–Crippen MR) is 109 cm³/mol. The maximum absolute atomic E-state index is 12.5. The second kappa shape index (κ2) is 8.75. The van der Waals surface area contributed by atoms with Crippen molar-refractivity contribution in [3.05, 3.63) is 42.6 Å². The fraction of sp³-hybridized carbons (Fsp3) is 0.429. The first kappa shape index (κ1) is 19.6. The summed E-state index contributed by atoms with van der Waals surface area (Å²) in [6.07, 6.45) is 7.59. The summed E-state index contributed by atoms with van der Waals surface area (Å²) in [5.41, 5.74) is 2.57. The van der Waals surface area contributed by atoms with Gasteiger partial charge in [-0.2, -0.15) is 5.10 Å². The Balaban J connectivity index is 1.40. The zero-order chi connectivity index (χ0) is 20.2. The van der Waals surface area contributed by atoms with Crippen LogP contribution < -0.4 is 0 Å². The van der Waals surface area contributed by atoms with E-state index in [1.807, 2.05) is 25.4 Å². The van der Waals surface area contributed by atoms with Crippen molar-refractivity contribution in [2.45, 2.75) is 6.42 Å². The number of rotatable bonds is 7. The Bertz CT molecular complexity index is 996. The third kappa shape index (κ3) is 4.83. The molecule has 4 rings (SSSR count). The number of hydrogen-bond donors (Lipinski definition) is 0. The Hall–Kier alpha value is -2.71. The fourth-order valence-electron chi connectivity index (χ4n) is 3.69. The molecular formula is C21H25FN6O. The van der Waals surface area contributed by atoms with Gasteiger partial charge in [0.05, 0.1) is 24.9 Å². The second-order valence-electron chi connectivity index (χ2n) is 7.52. The Kier molecular flexibility index (Phi) is 5.92. The van der Waals surface area contributed by atoms with Crippen LogP contribution in [0.15, 0.2) is 36.9 Å². The molecule has 7 nitrogen and oxygen atoms in total. The predicted octanol–water partition coefficient (Wildman–Crippen LogP) is 1.73. The lowest BCUT2D eigenvalue weighted by atomic mass is 10.1. The summed E-state index contributed by atoms with van der Waals surface area (Å²) in [5.74, 6) is 0.150. The zero-order valence-corrected chi connectivity index (χ0v) is 16.6. The molecule has 0 unspecified atom stereocenters. The van der Waals surface area contributed by atoms with Crippen LogP contribution in [0.5, 0.6) is 0 Å². The van der Waals surface area contributed by atoms with Crippen molar-refractivity contribution < 1.29 is 9.18 Å². The lowest BCUT2D eigenvalue weighted by molar-refractivity contribution is -0.120. The molecule has 4 heterocycles. The lowest BCUT2D eigenvalue weighted by Gasteiger charge is -2.33. The summed E-state index contributed by atoms with van der Waals surface area (Å²) in [5, 5.41) is 6.15. The molecule has 152 valence electrons. The molecule has 0 atom stereocenters. The quantitative estimate of drug-likeness (QED) is 0.606. The van der Waals surface area contributed by atoms with Crippen LogP contribution in [0, 0.1) is 0 Å². The molecule has 3 aromatic heterocycles. The van der Waals surface area contributed by atoms with Crippen molar-refractivity contribution in [3.8, 4) is 11.3 Å². The minimum atomic E-state index is -0.315. The molecule has 1 aliphatic rings. The van der Waals surface area contributed by atoms with Crippen LogP contribution in [0.3, 0.4) is 0 Å². The second-order valence-corrected chi connectivity index (χ2v) is 7.52. The van der Waals surface area contributed by atoms with E-state index in [9.17, 15) is 9.18 Å². The number of carbonyl (C=O) groups excluding carboxylic acids is 1. The number of Topliss-reactive ketones (excluding diaryl/α,β-unsaturated/α-hetero) is 1. The van der Waals surface area contributed by atoms with Crippen molar-refractivity contribution >= 4 is 16.6 Å². The first-order valence-electron chi connectivity index (χ1n) is 9.87. The van der Waals surface area contributed by atoms with E-state index in [0.717, 1.165) is 53.9 Å². The van der Waals surface area contributed by atoms with Gasteiger partial charge in [-0.25, -0.2) is 4.39 Å². The van der Waals surface area contributed by atoms with E-state index in [1.54, 1.807) is 23.3 Å². The average molecular weight is 396 g/mol. The molecular weight excluding hydrogens is 371 g/mol. The van der Waals surface area contributed by atoms with E-state index in [4.69, 9.17) is 0 Å². The van der Waals surface area contributed by atoms with E-state index >= 15 is 0 Å². The van der Waals surface area contributed by atoms with Crippen LogP contribution in [0.1, 0.15) is 5.69 Å². The van der Waals surface area contributed by atoms with Crippen LogP contribution in [0.4, 0.5) is 4.39 Å². The lowest BCUT2D eigenvalue weighted by Crippen LogP contribution is -2.48. The van der Waals surface area contributed by atoms with Crippen molar-refractivity contribution in [2.24, 2.45) is 7.05 Å². The maximum atomic E-state index is 12.5. The van der Waals surface area contributed by atoms with Crippen molar-refractivity contribution in [2.75, 3.05) is 45.9 Å². The minimum Gasteiger partial charge on any atom is -0.298 e. The highest BCUT2D eigenvalue weighted by atomic mass is 19.1. The third-order valence-corrected chi connectivity index (χ3v) is 5.30. The monoisotopic (exact) mass is 396 g/mol. The van der Waals surface area contributed by atoms with Gasteiger partial charge >= 0.3 is 0 Å². The minimum absolute atomic E-state index is 0.150. The molecule has 0 saturated carbocycles. The van der Waals surface area contributed by atoms with Crippen molar-refractivity contribution in [1.29, 1.82) is 0 Å². The number of nitrogens with zero attached hydrogens (tertiary/aromatic N) is 6. The number of pyridine rings is 2. The normalized spacial score (nSPS) is 15.8. The SMILES string of the molecule is Cn1cc(-c2cc3cc(CC(=O)CN4CCN(CCF)CC4)ncc3cn2)cn1. The third-order valence-electron chi connectivity index (χ3n) is 5.30. The molecule has 0 aromatic carbocycles. The molecule has 0 aliphatic carbocycles. The van der Waals surface area contributed by atoms with Gasteiger partial charge in [-0.05, 0) is 17.5 Å². The molecule has 1 saturated heterocycles. The molecule has 1 aliphatic heterocycles. The highest BCUT2D eigenvalue weighted by molar-refractivity contribution is 5.87. The van der Waals surface area contributed by atoms with Gasteiger partial charge in [-0.1, -0.05) is 0 Å². The molecule has 29 heavy (non-hydrogen) atoms. The summed E-state index contributed by atoms with van der Waals surface area (Å²) < 4.78 is 14.2. The summed E-state index contributed by atoms with van der Waals surface area (Å²) in [6, 6.07) is 3.97. The topological polar surface area (TPSA) is 67.2 Å². The number of ketones is 1. The Morgan fingerprint density at radius 2 is 1.79 bits per heavy atom. The molecule has 0 radical (unpaired) electrons. The Labute approximate surface area is 169 Å². The van der Waals surface area contributed by atoms with Crippen LogP contribution >= 0.6 is 0 Å². The summed E-state index contributed by atoms with van der Waals surface area (Å²) >= 11 is 0. The van der Waals surface area contributed by atoms with Gasteiger partial charge in [0.25, 0.3) is 0 Å². The van der Waals surface area contributed by atoms with E-state index in [2.05, 4.69) is 24.9 Å². The number of hydrogen-bond acceptors (Lipinski definition) is 6. The molecule has 1 fully saturated rings. The summed E-state index contributed by atoms with van der Waals surface area (Å²) in [7, 11) is 1.87. The molecule has 0 bridgehead atoms. The number of alkyl halides is 1. The first-order valence-corrected chi connectivity index (χ1v) is 9.87. The van der Waals surface area contributed by atoms with Crippen molar-refractivity contribution in [3.63, 3.8) is 0 Å². The Morgan fingerprint density at radius 1 is 1.03 bits per heavy atom. The highest BCUT2D eigenvalue weighted by Gasteiger charge is 2.19. The average Bonchev–Trinajstić information content (AvgIpc) is 3.15. The molecule has 0 N–H and O–H groups in total. The van der Waals surface area contributed by atoms with Gasteiger partial charge in [-0.15, -0.1) is 0 Å². The molecule has 0 amide bonds. The number of carbonyl (C=O) groups is 1. The van der Waals surface area contributed by atoms with Crippen LogP contribution in [0.2, 0.25) is 0 Å². The largest absolute Gasteiger partial charge is 0.298 e. The zero-order valence-electron chi connectivity index (χ0n) is 16.6. The number of piperazine rings is 1. The number of fused-ring (bicyclic) bond motifs is 1. The van der Waals surface area contributed by atoms with Gasteiger partial charge in [0.2, 0.25) is 0 Å². The number of aromatic nitrogens is 4. The molecule has 8 heteroatoms. The maximum Gasteiger partial charge on any atom is 0.152 e. The van der Waals surface area contributed by atoms with Gasteiger partial charge in [-0.3, -0.25) is 29.2 Å². The van der Waals surface area contributed by atoms with E-state index in [-0.39, 0.29) is 12.5 Å². The van der Waals surface area contributed by atoms with Gasteiger partial charge in [0.15, 0.2) is 5.78 Å². The standard InChI is InChI=1S/C21H25FN6O/c1-26-14-18(13-25-26)21-9-16-8-19(23-11-17(16)12-24-21)10-20(29)15-28-6-4-27(3-2-22)5-7-28/h8-9,11-14H,2-7,10,15H2,1H3. The highest BCUT2D eigenvalue weighted by Crippen LogP contribution is 2.21. The van der Waals surface area contributed by atoms with E-state index in [0.29, 0.717) is 19.5 Å². The molecule has 0 spiro atoms. The smallest absolute Gasteiger partial charge is 0.152 e. The fourth-order valence-corrected chi connectivity index (χ4v) is 3.69. The Morgan fingerprint density at radius 3 is 2.52 bits per heavy atom. The van der Waals surface area contributed by atoms with Crippen molar-refractivity contribution in [1.82, 2.24) is 29.5 Å². The van der Waals surface area contributed by atoms with Gasteiger partial charge in [0.1, 0.15) is 6.67 Å². The first-order chi connectivity index (χ1) is 14.1. The number of aryl methyl sites for hydroxylation is 1. The van der Waals surface area contributed by atoms with E-state index < -0.39 is 0 Å². The van der Waals surface area contributed by atoms with Gasteiger partial charge in [0, 0.05) is 75.0 Å². The van der Waals surface area contributed by atoms with E-state index in [1.165, 1.54) is 0 Å².